The van der Waals surface area contributed by atoms with E-state index in [1.165, 1.54) is 28.0 Å². The quantitative estimate of drug-likeness (QED) is 0.166. The molecule has 4 amide bonds. The van der Waals surface area contributed by atoms with Gasteiger partial charge in [-0.1, -0.05) is 54.6 Å². The van der Waals surface area contributed by atoms with Gasteiger partial charge in [-0.25, -0.2) is 17.6 Å². The highest BCUT2D eigenvalue weighted by Crippen LogP contribution is 2.40. The number of rotatable bonds is 11. The number of nitrogens with one attached hydrogen (secondary N) is 3. The summed E-state index contributed by atoms with van der Waals surface area (Å²) in [6.07, 6.45) is -0.0518. The Morgan fingerprint density at radius 3 is 2.04 bits per heavy atom. The van der Waals surface area contributed by atoms with Gasteiger partial charge in [0.1, 0.15) is 17.3 Å². The lowest BCUT2D eigenvalue weighted by molar-refractivity contribution is -0.136. The number of carbonyl (C=O) groups excluding carboxylic acids is 4. The molecule has 1 heterocycles. The number of fused-ring (bicyclic) bond motifs is 1. The lowest BCUT2D eigenvalue weighted by Crippen LogP contribution is -2.43. The van der Waals surface area contributed by atoms with Crippen LogP contribution in [-0.2, 0) is 48.8 Å². The number of alkyl carbamates (subject to hydrolysis) is 1. The van der Waals surface area contributed by atoms with Crippen LogP contribution < -0.4 is 25.2 Å². The third-order valence-electron chi connectivity index (χ3n) is 7.95. The predicted molar refractivity (Wildman–Crippen MR) is 196 cm³/mol. The fourth-order valence-electron chi connectivity index (χ4n) is 5.59. The van der Waals surface area contributed by atoms with Gasteiger partial charge in [-0.3, -0.25) is 24.0 Å². The van der Waals surface area contributed by atoms with Crippen molar-refractivity contribution in [2.24, 2.45) is 5.92 Å². The molecule has 272 valence electrons. The summed E-state index contributed by atoms with van der Waals surface area (Å²) < 4.78 is 45.4. The Hall–Kier alpha value is -5.76. The van der Waals surface area contributed by atoms with Gasteiger partial charge in [0, 0.05) is 36.4 Å². The first-order valence-electron chi connectivity index (χ1n) is 16.4. The Kier molecular flexibility index (Phi) is 11.3. The predicted octanol–water partition coefficient (Wildman–Crippen LogP) is 5.76. The molecule has 0 aliphatic carbocycles. The van der Waals surface area contributed by atoms with Crippen LogP contribution in [0.1, 0.15) is 43.9 Å². The summed E-state index contributed by atoms with van der Waals surface area (Å²) in [4.78, 5) is 57.2. The molecule has 1 unspecified atom stereocenters. The smallest absolute Gasteiger partial charge is 0.407 e. The van der Waals surface area contributed by atoms with Gasteiger partial charge in [-0.2, -0.15) is 0 Å². The van der Waals surface area contributed by atoms with Crippen LogP contribution in [0.15, 0.2) is 97.1 Å². The van der Waals surface area contributed by atoms with E-state index in [1.807, 2.05) is 0 Å². The Balaban J connectivity index is 1.47. The highest BCUT2D eigenvalue weighted by atomic mass is 32.2. The number of amides is 4. The molecule has 0 bridgehead atoms. The summed E-state index contributed by atoms with van der Waals surface area (Å²) in [7, 11) is -3.51. The van der Waals surface area contributed by atoms with Crippen molar-refractivity contribution < 1.29 is 36.7 Å². The van der Waals surface area contributed by atoms with Crippen LogP contribution in [0.5, 0.6) is 0 Å². The third-order valence-corrected chi connectivity index (χ3v) is 8.55. The zero-order chi connectivity index (χ0) is 37.6. The largest absolute Gasteiger partial charge is 0.444 e. The van der Waals surface area contributed by atoms with E-state index < -0.39 is 57.6 Å². The molecule has 0 fully saturated rings. The maximum Gasteiger partial charge on any atom is 0.407 e. The van der Waals surface area contributed by atoms with Crippen molar-refractivity contribution in [3.63, 3.8) is 0 Å². The zero-order valence-corrected chi connectivity index (χ0v) is 30.0. The van der Waals surface area contributed by atoms with Crippen molar-refractivity contribution in [3.05, 3.63) is 120 Å². The van der Waals surface area contributed by atoms with Gasteiger partial charge in [0.15, 0.2) is 0 Å². The first-order valence-corrected chi connectivity index (χ1v) is 18.3. The number of sulfonamides is 1. The van der Waals surface area contributed by atoms with E-state index in [1.54, 1.807) is 99.6 Å². The normalized spacial score (nSPS) is 14.7. The molecule has 0 radical (unpaired) electrons. The standard InChI is InChI=1S/C38H40FN5O7S/c1-38(2,3)51-37(48)41-22-25-15-19-29(20-16-25)44-33-12-8-7-11-32(33)43(24-26-13-17-28(18-14-26)42-52(4,49)50)35(46)30(36(44)47)21-34(45)40-23-27-9-5-6-10-31(27)39/h5-20,30,42H,21-24H2,1-4H3,(H,40,45)(H,41,48). The number of benzene rings is 4. The van der Waals surface area contributed by atoms with Crippen molar-refractivity contribution in [2.45, 2.75) is 52.4 Å². The molecule has 12 nitrogen and oxygen atoms in total. The average molecular weight is 730 g/mol. The highest BCUT2D eigenvalue weighted by Gasteiger charge is 2.42. The summed E-state index contributed by atoms with van der Waals surface area (Å²) in [6, 6.07) is 26.1. The summed E-state index contributed by atoms with van der Waals surface area (Å²) in [5.74, 6) is -3.86. The van der Waals surface area contributed by atoms with Crippen LogP contribution in [0.3, 0.4) is 0 Å². The molecule has 52 heavy (non-hydrogen) atoms. The van der Waals surface area contributed by atoms with Crippen LogP contribution in [0.2, 0.25) is 0 Å². The molecule has 0 aromatic heterocycles. The summed E-state index contributed by atoms with van der Waals surface area (Å²) >= 11 is 0. The molecule has 5 rings (SSSR count). The number of ether oxygens (including phenoxy) is 1. The van der Waals surface area contributed by atoms with E-state index in [0.29, 0.717) is 28.3 Å². The van der Waals surface area contributed by atoms with E-state index in [2.05, 4.69) is 15.4 Å². The second-order valence-electron chi connectivity index (χ2n) is 13.3. The minimum absolute atomic E-state index is 0.00125. The molecule has 3 N–H and O–H groups in total. The van der Waals surface area contributed by atoms with Gasteiger partial charge in [-0.05, 0) is 74.4 Å². The number of nitrogens with zero attached hydrogens (tertiary/aromatic N) is 2. The summed E-state index contributed by atoms with van der Waals surface area (Å²) in [5, 5.41) is 5.34. The van der Waals surface area contributed by atoms with Crippen LogP contribution >= 0.6 is 0 Å². The Labute approximate surface area is 302 Å². The molecular weight excluding hydrogens is 690 g/mol. The first-order chi connectivity index (χ1) is 24.6. The van der Waals surface area contributed by atoms with Crippen LogP contribution in [-0.4, -0.2) is 44.1 Å². The van der Waals surface area contributed by atoms with Crippen LogP contribution in [0, 0.1) is 11.7 Å². The molecule has 0 spiro atoms. The molecule has 4 aromatic rings. The number of halogens is 1. The molecule has 0 saturated heterocycles. The average Bonchev–Trinajstić information content (AvgIpc) is 3.15. The second kappa shape index (κ2) is 15.6. The van der Waals surface area contributed by atoms with E-state index in [4.69, 9.17) is 4.74 Å². The highest BCUT2D eigenvalue weighted by molar-refractivity contribution is 7.92. The first kappa shape index (κ1) is 37.5. The Morgan fingerprint density at radius 1 is 0.788 bits per heavy atom. The maximum absolute atomic E-state index is 14.5. The van der Waals surface area contributed by atoms with E-state index in [0.717, 1.165) is 11.8 Å². The number of hydrogen-bond donors (Lipinski definition) is 3. The summed E-state index contributed by atoms with van der Waals surface area (Å²) in [6.45, 7) is 5.31. The van der Waals surface area contributed by atoms with Gasteiger partial charge in [0.2, 0.25) is 27.7 Å². The number of hydrogen-bond acceptors (Lipinski definition) is 7. The Bertz CT molecular complexity index is 2070. The molecule has 1 aliphatic heterocycles. The Morgan fingerprint density at radius 2 is 1.40 bits per heavy atom. The van der Waals surface area contributed by atoms with Crippen LogP contribution in [0.4, 0.5) is 31.9 Å². The van der Waals surface area contributed by atoms with E-state index in [9.17, 15) is 32.0 Å². The molecule has 4 aromatic carbocycles. The number of carbonyl (C=O) groups is 4. The number of para-hydroxylation sites is 2. The van der Waals surface area contributed by atoms with E-state index in [-0.39, 0.29) is 25.2 Å². The third kappa shape index (κ3) is 9.72. The monoisotopic (exact) mass is 729 g/mol. The summed E-state index contributed by atoms with van der Waals surface area (Å²) in [5.41, 5.74) is 2.50. The molecule has 1 atom stereocenters. The van der Waals surface area contributed by atoms with Gasteiger partial charge in [-0.15, -0.1) is 0 Å². The van der Waals surface area contributed by atoms with Crippen molar-refractivity contribution in [1.29, 1.82) is 0 Å². The van der Waals surface area contributed by atoms with Crippen molar-refractivity contribution in [3.8, 4) is 0 Å². The second-order valence-corrected chi connectivity index (χ2v) is 15.1. The minimum Gasteiger partial charge on any atom is -0.444 e. The van der Waals surface area contributed by atoms with Crippen LogP contribution in [0.25, 0.3) is 0 Å². The lowest BCUT2D eigenvalue weighted by Gasteiger charge is -2.26. The fraction of sp³-hybridized carbons (Fsp3) is 0.263. The van der Waals surface area contributed by atoms with Gasteiger partial charge < -0.3 is 20.3 Å². The molecule has 0 saturated carbocycles. The van der Waals surface area contributed by atoms with Crippen molar-refractivity contribution in [1.82, 2.24) is 10.6 Å². The number of anilines is 4. The minimum atomic E-state index is -3.51. The SMILES string of the molecule is CC(C)(C)OC(=O)NCc1ccc(N2C(=O)C(CC(=O)NCc3ccccc3F)C(=O)N(Cc3ccc(NS(C)(=O)=O)cc3)c3ccccc32)cc1. The molecule has 14 heteroatoms. The van der Waals surface area contributed by atoms with Crippen molar-refractivity contribution in [2.75, 3.05) is 20.8 Å². The fourth-order valence-corrected chi connectivity index (χ4v) is 6.16. The topological polar surface area (TPSA) is 154 Å². The zero-order valence-electron chi connectivity index (χ0n) is 29.2. The lowest BCUT2D eigenvalue weighted by atomic mass is 10.0. The maximum atomic E-state index is 14.5. The molecule has 1 aliphatic rings. The molecular formula is C38H40FN5O7S. The van der Waals surface area contributed by atoms with E-state index >= 15 is 0 Å². The van der Waals surface area contributed by atoms with Gasteiger partial charge in [0.25, 0.3) is 0 Å². The van der Waals surface area contributed by atoms with Gasteiger partial charge >= 0.3 is 6.09 Å². The van der Waals surface area contributed by atoms with Crippen molar-refractivity contribution >= 4 is 56.6 Å². The van der Waals surface area contributed by atoms with Gasteiger partial charge in [0.05, 0.1) is 24.2 Å².